The van der Waals surface area contributed by atoms with Crippen molar-refractivity contribution in [1.29, 1.82) is 0 Å². The highest BCUT2D eigenvalue weighted by atomic mass is 16.5. The van der Waals surface area contributed by atoms with Gasteiger partial charge in [-0.1, -0.05) is 32.4 Å². The number of aryl methyl sites for hydroxylation is 1. The molecule has 0 bridgehead atoms. The zero-order valence-electron chi connectivity index (χ0n) is 14.6. The Labute approximate surface area is 143 Å². The molecule has 0 saturated heterocycles. The van der Waals surface area contributed by atoms with Crippen LogP contribution < -0.4 is 14.2 Å². The molecule has 2 aromatic rings. The summed E-state index contributed by atoms with van der Waals surface area (Å²) in [5.41, 5.74) is 3.43. The third-order valence-electron chi connectivity index (χ3n) is 4.62. The standard InChI is InChI=1S/C20H24O4/c1-5-6-13-9-15-12(2)19(24-20(15)18(10-13)23-4)14-7-8-16(21)17(11-14)22-3/h7-12,19,21H,5-6H2,1-4H3/t12-,19-/m1/s1. The minimum absolute atomic E-state index is 0.125. The second-order valence-electron chi connectivity index (χ2n) is 6.22. The van der Waals surface area contributed by atoms with E-state index in [2.05, 4.69) is 26.0 Å². The zero-order chi connectivity index (χ0) is 17.3. The van der Waals surface area contributed by atoms with Gasteiger partial charge in [-0.2, -0.15) is 0 Å². The maximum Gasteiger partial charge on any atom is 0.165 e. The van der Waals surface area contributed by atoms with Crippen molar-refractivity contribution in [2.75, 3.05) is 14.2 Å². The average molecular weight is 328 g/mol. The van der Waals surface area contributed by atoms with Gasteiger partial charge < -0.3 is 19.3 Å². The Balaban J connectivity index is 1.99. The zero-order valence-corrected chi connectivity index (χ0v) is 14.6. The monoisotopic (exact) mass is 328 g/mol. The molecule has 1 aliphatic rings. The summed E-state index contributed by atoms with van der Waals surface area (Å²) in [6, 6.07) is 9.65. The van der Waals surface area contributed by atoms with E-state index in [4.69, 9.17) is 14.2 Å². The van der Waals surface area contributed by atoms with Crippen molar-refractivity contribution in [3.05, 3.63) is 47.0 Å². The van der Waals surface area contributed by atoms with Crippen molar-refractivity contribution in [1.82, 2.24) is 0 Å². The Bertz CT molecular complexity index is 739. The highest BCUT2D eigenvalue weighted by Crippen LogP contribution is 2.51. The van der Waals surface area contributed by atoms with Gasteiger partial charge in [0.25, 0.3) is 0 Å². The van der Waals surface area contributed by atoms with Gasteiger partial charge in [0, 0.05) is 11.5 Å². The number of fused-ring (bicyclic) bond motifs is 1. The predicted molar refractivity (Wildman–Crippen MR) is 93.4 cm³/mol. The lowest BCUT2D eigenvalue weighted by molar-refractivity contribution is 0.207. The van der Waals surface area contributed by atoms with Crippen LogP contribution >= 0.6 is 0 Å². The molecule has 0 fully saturated rings. The number of benzene rings is 2. The van der Waals surface area contributed by atoms with Gasteiger partial charge in [-0.05, 0) is 35.7 Å². The van der Waals surface area contributed by atoms with Crippen molar-refractivity contribution in [3.63, 3.8) is 0 Å². The molecule has 0 aliphatic carbocycles. The average Bonchev–Trinajstić information content (AvgIpc) is 2.92. The van der Waals surface area contributed by atoms with Crippen LogP contribution in [0.2, 0.25) is 0 Å². The van der Waals surface area contributed by atoms with E-state index in [0.29, 0.717) is 5.75 Å². The highest BCUT2D eigenvalue weighted by molar-refractivity contribution is 5.55. The van der Waals surface area contributed by atoms with Crippen LogP contribution in [0.15, 0.2) is 30.3 Å². The van der Waals surface area contributed by atoms with Crippen LogP contribution in [0.4, 0.5) is 0 Å². The van der Waals surface area contributed by atoms with Gasteiger partial charge in [0.1, 0.15) is 6.10 Å². The van der Waals surface area contributed by atoms with Crippen LogP contribution in [0.5, 0.6) is 23.0 Å². The molecule has 1 aliphatic heterocycles. The van der Waals surface area contributed by atoms with E-state index in [9.17, 15) is 5.11 Å². The largest absolute Gasteiger partial charge is 0.504 e. The van der Waals surface area contributed by atoms with Crippen LogP contribution in [-0.2, 0) is 6.42 Å². The van der Waals surface area contributed by atoms with Gasteiger partial charge in [0.2, 0.25) is 0 Å². The molecule has 0 aromatic heterocycles. The SMILES string of the molecule is CCCc1cc(OC)c2c(c1)[C@@H](C)[C@H](c1ccc(O)c(OC)c1)O2. The molecule has 3 rings (SSSR count). The molecule has 4 heteroatoms. The quantitative estimate of drug-likeness (QED) is 0.871. The summed E-state index contributed by atoms with van der Waals surface area (Å²) >= 11 is 0. The minimum atomic E-state index is -0.125. The molecule has 128 valence electrons. The molecule has 2 aromatic carbocycles. The summed E-state index contributed by atoms with van der Waals surface area (Å²) in [4.78, 5) is 0. The van der Waals surface area contributed by atoms with Crippen molar-refractivity contribution in [2.45, 2.75) is 38.7 Å². The van der Waals surface area contributed by atoms with Crippen molar-refractivity contribution in [3.8, 4) is 23.0 Å². The highest BCUT2D eigenvalue weighted by Gasteiger charge is 2.35. The van der Waals surface area contributed by atoms with Crippen molar-refractivity contribution in [2.24, 2.45) is 0 Å². The maximum absolute atomic E-state index is 9.81. The molecular formula is C20H24O4. The lowest BCUT2D eigenvalue weighted by atomic mass is 9.91. The minimum Gasteiger partial charge on any atom is -0.504 e. The number of phenolic OH excluding ortho intramolecular Hbond substituents is 1. The Morgan fingerprint density at radius 1 is 1.08 bits per heavy atom. The molecule has 2 atom stereocenters. The van der Waals surface area contributed by atoms with Crippen LogP contribution in [-0.4, -0.2) is 19.3 Å². The summed E-state index contributed by atoms with van der Waals surface area (Å²) in [6.45, 7) is 4.33. The molecule has 4 nitrogen and oxygen atoms in total. The Hall–Kier alpha value is -2.36. The molecule has 0 amide bonds. The van der Waals surface area contributed by atoms with E-state index in [1.807, 2.05) is 12.1 Å². The van der Waals surface area contributed by atoms with Crippen LogP contribution in [0.1, 0.15) is 49.0 Å². The summed E-state index contributed by atoms with van der Waals surface area (Å²) < 4.78 is 17.0. The second-order valence-corrected chi connectivity index (χ2v) is 6.22. The fourth-order valence-electron chi connectivity index (χ4n) is 3.35. The number of ether oxygens (including phenoxy) is 3. The Morgan fingerprint density at radius 2 is 1.83 bits per heavy atom. The summed E-state index contributed by atoms with van der Waals surface area (Å²) in [5, 5.41) is 9.81. The first-order valence-corrected chi connectivity index (χ1v) is 8.33. The van der Waals surface area contributed by atoms with Crippen LogP contribution in [0.3, 0.4) is 0 Å². The fourth-order valence-corrected chi connectivity index (χ4v) is 3.35. The van der Waals surface area contributed by atoms with E-state index in [1.54, 1.807) is 20.3 Å². The predicted octanol–water partition coefficient (Wildman–Crippen LogP) is 4.60. The number of hydrogen-bond acceptors (Lipinski definition) is 4. The molecular weight excluding hydrogens is 304 g/mol. The lowest BCUT2D eigenvalue weighted by Gasteiger charge is -2.17. The normalized spacial score (nSPS) is 18.8. The van der Waals surface area contributed by atoms with Crippen molar-refractivity contribution < 1.29 is 19.3 Å². The van der Waals surface area contributed by atoms with Gasteiger partial charge in [0.15, 0.2) is 23.0 Å². The van der Waals surface area contributed by atoms with E-state index in [-0.39, 0.29) is 17.8 Å². The number of aromatic hydroxyl groups is 1. The van der Waals surface area contributed by atoms with Gasteiger partial charge in [-0.3, -0.25) is 0 Å². The van der Waals surface area contributed by atoms with E-state index in [0.717, 1.165) is 29.9 Å². The summed E-state index contributed by atoms with van der Waals surface area (Å²) in [7, 11) is 3.23. The Morgan fingerprint density at radius 3 is 2.50 bits per heavy atom. The first-order chi connectivity index (χ1) is 11.6. The van der Waals surface area contributed by atoms with Gasteiger partial charge >= 0.3 is 0 Å². The Kier molecular flexibility index (Phi) is 4.56. The van der Waals surface area contributed by atoms with Gasteiger partial charge in [0.05, 0.1) is 14.2 Å². The van der Waals surface area contributed by atoms with E-state index in [1.165, 1.54) is 11.1 Å². The van der Waals surface area contributed by atoms with Crippen molar-refractivity contribution >= 4 is 0 Å². The van der Waals surface area contributed by atoms with E-state index < -0.39 is 0 Å². The number of hydrogen-bond donors (Lipinski definition) is 1. The number of methoxy groups -OCH3 is 2. The third-order valence-corrected chi connectivity index (χ3v) is 4.62. The molecule has 1 heterocycles. The summed E-state index contributed by atoms with van der Waals surface area (Å²) in [6.07, 6.45) is 1.99. The fraction of sp³-hybridized carbons (Fsp3) is 0.400. The first-order valence-electron chi connectivity index (χ1n) is 8.33. The lowest BCUT2D eigenvalue weighted by Crippen LogP contribution is -2.07. The number of phenols is 1. The third kappa shape index (κ3) is 2.77. The van der Waals surface area contributed by atoms with Gasteiger partial charge in [-0.15, -0.1) is 0 Å². The van der Waals surface area contributed by atoms with Crippen LogP contribution in [0.25, 0.3) is 0 Å². The summed E-state index contributed by atoms with van der Waals surface area (Å²) in [5.74, 6) is 2.39. The molecule has 0 saturated carbocycles. The smallest absolute Gasteiger partial charge is 0.165 e. The molecule has 1 N–H and O–H groups in total. The molecule has 0 spiro atoms. The molecule has 0 unspecified atom stereocenters. The number of rotatable bonds is 5. The van der Waals surface area contributed by atoms with Crippen LogP contribution in [0, 0.1) is 0 Å². The molecule has 0 radical (unpaired) electrons. The van der Waals surface area contributed by atoms with E-state index >= 15 is 0 Å². The first kappa shape index (κ1) is 16.5. The molecule has 24 heavy (non-hydrogen) atoms. The maximum atomic E-state index is 9.81. The van der Waals surface area contributed by atoms with Gasteiger partial charge in [-0.25, -0.2) is 0 Å². The second kappa shape index (κ2) is 6.63. The topological polar surface area (TPSA) is 47.9 Å².